The van der Waals surface area contributed by atoms with E-state index in [2.05, 4.69) is 41.5 Å². The number of hydrogen-bond acceptors (Lipinski definition) is 5. The van der Waals surface area contributed by atoms with Crippen LogP contribution in [0.5, 0.6) is 28.7 Å². The third kappa shape index (κ3) is 5.42. The third-order valence-corrected chi connectivity index (χ3v) is 8.67. The van der Waals surface area contributed by atoms with Crippen LogP contribution in [0, 0.1) is 0 Å². The molecule has 0 bridgehead atoms. The first kappa shape index (κ1) is 27.7. The van der Waals surface area contributed by atoms with Crippen LogP contribution in [0.3, 0.4) is 0 Å². The van der Waals surface area contributed by atoms with Crippen molar-refractivity contribution in [3.05, 3.63) is 59.7 Å². The summed E-state index contributed by atoms with van der Waals surface area (Å²) in [5.74, 6) is 3.24. The Morgan fingerprint density at radius 3 is 1.33 bits per heavy atom. The quantitative estimate of drug-likeness (QED) is 0.409. The zero-order chi connectivity index (χ0) is 26.8. The van der Waals surface area contributed by atoms with Gasteiger partial charge in [-0.15, -0.1) is 0 Å². The topological polar surface area (TPSA) is 57.2 Å². The Morgan fingerprint density at radius 1 is 0.583 bits per heavy atom. The normalized spacial score (nSPS) is 12.0. The molecule has 0 atom stereocenters. The lowest BCUT2D eigenvalue weighted by molar-refractivity contribution is 0.390. The standard InChI is InChI=1S/C30H39O5P/c1-29(2,3)21-15-19(32-7)17-25(27(21)34-9)36(24-14-12-11-13-23(24)31)26-18-20(33-8)16-22(28(26)35-10)30(4,5)6/h11-18,31H,1-10H3. The lowest BCUT2D eigenvalue weighted by Crippen LogP contribution is -2.28. The molecular formula is C30H39O5P. The number of phenols is 1. The van der Waals surface area contributed by atoms with Gasteiger partial charge in [0.25, 0.3) is 0 Å². The monoisotopic (exact) mass is 510 g/mol. The molecule has 0 unspecified atom stereocenters. The van der Waals surface area contributed by atoms with Crippen LogP contribution in [0.25, 0.3) is 0 Å². The molecule has 6 heteroatoms. The van der Waals surface area contributed by atoms with Crippen molar-refractivity contribution in [3.8, 4) is 28.7 Å². The van der Waals surface area contributed by atoms with Crippen LogP contribution in [0.15, 0.2) is 48.5 Å². The Hall–Kier alpha value is -2.91. The van der Waals surface area contributed by atoms with E-state index in [-0.39, 0.29) is 16.6 Å². The second-order valence-electron chi connectivity index (χ2n) is 10.8. The number of benzene rings is 3. The van der Waals surface area contributed by atoms with E-state index < -0.39 is 7.92 Å². The summed E-state index contributed by atoms with van der Waals surface area (Å²) in [6.07, 6.45) is 0. The lowest BCUT2D eigenvalue weighted by Gasteiger charge is -2.31. The first-order valence-electron chi connectivity index (χ1n) is 12.0. The summed E-state index contributed by atoms with van der Waals surface area (Å²) in [6, 6.07) is 15.6. The van der Waals surface area contributed by atoms with Crippen LogP contribution in [-0.4, -0.2) is 33.5 Å². The minimum Gasteiger partial charge on any atom is -0.507 e. The molecule has 0 heterocycles. The number of para-hydroxylation sites is 1. The van der Waals surface area contributed by atoms with Crippen LogP contribution in [0.4, 0.5) is 0 Å². The SMILES string of the molecule is COc1cc(P(c2ccccc2O)c2cc(OC)cc(C(C)(C)C)c2OC)c(OC)c(C(C)(C)C)c1. The summed E-state index contributed by atoms with van der Waals surface area (Å²) in [6.45, 7) is 12.9. The van der Waals surface area contributed by atoms with Gasteiger partial charge in [0.15, 0.2) is 0 Å². The summed E-state index contributed by atoms with van der Waals surface area (Å²) in [5.41, 5.74) is 1.65. The molecule has 0 aliphatic heterocycles. The maximum Gasteiger partial charge on any atom is 0.131 e. The second-order valence-corrected chi connectivity index (χ2v) is 12.9. The molecule has 3 aromatic rings. The molecule has 0 aliphatic carbocycles. The Morgan fingerprint density at radius 2 is 1.00 bits per heavy atom. The highest BCUT2D eigenvalue weighted by atomic mass is 31.1. The van der Waals surface area contributed by atoms with Crippen molar-refractivity contribution in [2.45, 2.75) is 52.4 Å². The van der Waals surface area contributed by atoms with Gasteiger partial charge in [0.2, 0.25) is 0 Å². The van der Waals surface area contributed by atoms with E-state index in [4.69, 9.17) is 18.9 Å². The Labute approximate surface area is 217 Å². The van der Waals surface area contributed by atoms with E-state index in [9.17, 15) is 5.11 Å². The third-order valence-electron chi connectivity index (χ3n) is 6.19. The number of aromatic hydroxyl groups is 1. The summed E-state index contributed by atoms with van der Waals surface area (Å²) in [4.78, 5) is 0. The van der Waals surface area contributed by atoms with E-state index in [1.807, 2.05) is 42.5 Å². The second kappa shape index (κ2) is 10.6. The smallest absolute Gasteiger partial charge is 0.131 e. The molecule has 0 fully saturated rings. The van der Waals surface area contributed by atoms with Crippen molar-refractivity contribution in [3.63, 3.8) is 0 Å². The Balaban J connectivity index is 2.55. The van der Waals surface area contributed by atoms with Gasteiger partial charge < -0.3 is 24.1 Å². The number of ether oxygens (including phenoxy) is 4. The van der Waals surface area contributed by atoms with Gasteiger partial charge in [-0.25, -0.2) is 0 Å². The summed E-state index contributed by atoms with van der Waals surface area (Å²) < 4.78 is 23.7. The predicted octanol–water partition coefficient (Wildman–Crippen LogP) is 5.78. The van der Waals surface area contributed by atoms with Crippen molar-refractivity contribution in [2.75, 3.05) is 28.4 Å². The fraction of sp³-hybridized carbons (Fsp3) is 0.400. The van der Waals surface area contributed by atoms with Gasteiger partial charge in [0, 0.05) is 27.0 Å². The highest BCUT2D eigenvalue weighted by Gasteiger charge is 2.33. The lowest BCUT2D eigenvalue weighted by atomic mass is 9.86. The van der Waals surface area contributed by atoms with E-state index in [1.165, 1.54) is 0 Å². The molecule has 0 spiro atoms. The molecule has 36 heavy (non-hydrogen) atoms. The maximum absolute atomic E-state index is 11.1. The van der Waals surface area contributed by atoms with Crippen molar-refractivity contribution in [1.82, 2.24) is 0 Å². The largest absolute Gasteiger partial charge is 0.507 e. The Kier molecular flexibility index (Phi) is 8.15. The van der Waals surface area contributed by atoms with E-state index in [0.29, 0.717) is 0 Å². The molecule has 0 amide bonds. The van der Waals surface area contributed by atoms with Crippen LogP contribution in [0.1, 0.15) is 52.7 Å². The zero-order valence-electron chi connectivity index (χ0n) is 23.1. The van der Waals surface area contributed by atoms with Gasteiger partial charge in [0.05, 0.1) is 28.4 Å². The van der Waals surface area contributed by atoms with E-state index >= 15 is 0 Å². The van der Waals surface area contributed by atoms with Crippen LogP contribution < -0.4 is 34.9 Å². The fourth-order valence-electron chi connectivity index (χ4n) is 4.33. The molecule has 0 aromatic heterocycles. The molecule has 0 saturated carbocycles. The number of methoxy groups -OCH3 is 4. The molecule has 0 saturated heterocycles. The summed E-state index contributed by atoms with van der Waals surface area (Å²) in [5, 5.41) is 13.8. The van der Waals surface area contributed by atoms with Crippen LogP contribution >= 0.6 is 7.92 Å². The molecule has 0 aliphatic rings. The average molecular weight is 511 g/mol. The minimum atomic E-state index is -1.35. The van der Waals surface area contributed by atoms with Gasteiger partial charge in [-0.2, -0.15) is 0 Å². The summed E-state index contributed by atoms with van der Waals surface area (Å²) in [7, 11) is 5.38. The molecule has 0 radical (unpaired) electrons. The first-order chi connectivity index (χ1) is 16.9. The van der Waals surface area contributed by atoms with Crippen molar-refractivity contribution < 1.29 is 24.1 Å². The molecular weight excluding hydrogens is 471 g/mol. The van der Waals surface area contributed by atoms with E-state index in [1.54, 1.807) is 34.5 Å². The molecule has 3 aromatic carbocycles. The van der Waals surface area contributed by atoms with Gasteiger partial charge in [-0.3, -0.25) is 0 Å². The van der Waals surface area contributed by atoms with Gasteiger partial charge >= 0.3 is 0 Å². The predicted molar refractivity (Wildman–Crippen MR) is 150 cm³/mol. The van der Waals surface area contributed by atoms with Crippen molar-refractivity contribution in [2.24, 2.45) is 0 Å². The van der Waals surface area contributed by atoms with Crippen molar-refractivity contribution in [1.29, 1.82) is 0 Å². The summed E-state index contributed by atoms with van der Waals surface area (Å²) >= 11 is 0. The zero-order valence-corrected chi connectivity index (χ0v) is 24.0. The number of hydrogen-bond donors (Lipinski definition) is 1. The maximum atomic E-state index is 11.1. The van der Waals surface area contributed by atoms with E-state index in [0.717, 1.165) is 50.0 Å². The highest BCUT2D eigenvalue weighted by Crippen LogP contribution is 2.48. The Bertz CT molecular complexity index is 1150. The number of rotatable bonds is 7. The first-order valence-corrected chi connectivity index (χ1v) is 13.3. The van der Waals surface area contributed by atoms with Crippen molar-refractivity contribution >= 4 is 23.8 Å². The molecule has 5 nitrogen and oxygen atoms in total. The van der Waals surface area contributed by atoms with Crippen LogP contribution in [0.2, 0.25) is 0 Å². The molecule has 1 N–H and O–H groups in total. The average Bonchev–Trinajstić information content (AvgIpc) is 2.83. The fourth-order valence-corrected chi connectivity index (χ4v) is 6.99. The highest BCUT2D eigenvalue weighted by molar-refractivity contribution is 7.80. The molecule has 194 valence electrons. The molecule has 3 rings (SSSR count). The minimum absolute atomic E-state index is 0.205. The van der Waals surface area contributed by atoms with Gasteiger partial charge in [-0.05, 0) is 49.1 Å². The number of phenolic OH excluding ortho intramolecular Hbond substituents is 1. The van der Waals surface area contributed by atoms with Gasteiger partial charge in [-0.1, -0.05) is 59.7 Å². The van der Waals surface area contributed by atoms with Gasteiger partial charge in [0.1, 0.15) is 28.7 Å². The van der Waals surface area contributed by atoms with Crippen LogP contribution in [-0.2, 0) is 10.8 Å².